The first-order valence-electron chi connectivity index (χ1n) is 10.1. The minimum atomic E-state index is 0.422. The van der Waals surface area contributed by atoms with Crippen molar-refractivity contribution in [1.29, 1.82) is 0 Å². The smallest absolute Gasteiger partial charge is 0.204 e. The zero-order chi connectivity index (χ0) is 21.3. The van der Waals surface area contributed by atoms with Crippen molar-refractivity contribution in [3.05, 3.63) is 124 Å². The highest BCUT2D eigenvalue weighted by atomic mass is 79.9. The monoisotopic (exact) mass is 474 g/mol. The lowest BCUT2D eigenvalue weighted by molar-refractivity contribution is 0.230. The normalized spacial score (nSPS) is 10.5. The van der Waals surface area contributed by atoms with E-state index in [4.69, 9.17) is 14.2 Å². The van der Waals surface area contributed by atoms with Crippen molar-refractivity contribution in [2.45, 2.75) is 19.8 Å². The summed E-state index contributed by atoms with van der Waals surface area (Å²) in [5.74, 6) is 1.87. The number of hydrogen-bond acceptors (Lipinski definition) is 3. The van der Waals surface area contributed by atoms with Crippen molar-refractivity contribution in [2.24, 2.45) is 0 Å². The lowest BCUT2D eigenvalue weighted by Gasteiger charge is -2.18. The quantitative estimate of drug-likeness (QED) is 0.257. The highest BCUT2D eigenvalue weighted by Crippen LogP contribution is 2.41. The van der Waals surface area contributed by atoms with Gasteiger partial charge in [-0.2, -0.15) is 0 Å². The van der Waals surface area contributed by atoms with Crippen LogP contribution in [-0.2, 0) is 19.8 Å². The molecule has 4 aromatic carbocycles. The first-order chi connectivity index (χ1) is 15.3. The summed E-state index contributed by atoms with van der Waals surface area (Å²) in [6, 6.07) is 34.0. The minimum absolute atomic E-state index is 0.422. The van der Waals surface area contributed by atoms with Crippen molar-refractivity contribution in [3.8, 4) is 17.2 Å². The van der Waals surface area contributed by atoms with Gasteiger partial charge >= 0.3 is 0 Å². The molecule has 0 amide bonds. The van der Waals surface area contributed by atoms with Crippen molar-refractivity contribution in [3.63, 3.8) is 0 Å². The fraction of sp³-hybridized carbons (Fsp3) is 0.111. The Morgan fingerprint density at radius 1 is 0.484 bits per heavy atom. The summed E-state index contributed by atoms with van der Waals surface area (Å²) < 4.78 is 19.4. The van der Waals surface area contributed by atoms with Crippen molar-refractivity contribution < 1.29 is 14.2 Å². The Morgan fingerprint density at radius 2 is 0.839 bits per heavy atom. The third-order valence-electron chi connectivity index (χ3n) is 4.69. The summed E-state index contributed by atoms with van der Waals surface area (Å²) in [6.45, 7) is 1.31. The van der Waals surface area contributed by atoms with Gasteiger partial charge in [0.2, 0.25) is 5.75 Å². The standard InChI is InChI=1S/C27H23BrO3/c28-24-16-25(29-18-21-10-4-1-5-11-21)27(31-20-23-14-8-3-9-15-23)26(17-24)30-19-22-12-6-2-7-13-22/h1-17H,18-20H2. The van der Waals surface area contributed by atoms with E-state index in [-0.39, 0.29) is 0 Å². The van der Waals surface area contributed by atoms with Crippen molar-refractivity contribution in [2.75, 3.05) is 0 Å². The van der Waals surface area contributed by atoms with E-state index in [9.17, 15) is 0 Å². The van der Waals surface area contributed by atoms with E-state index in [1.54, 1.807) is 0 Å². The summed E-state index contributed by atoms with van der Waals surface area (Å²) in [5.41, 5.74) is 3.25. The molecule has 0 atom stereocenters. The molecule has 0 radical (unpaired) electrons. The topological polar surface area (TPSA) is 27.7 Å². The maximum absolute atomic E-state index is 6.22. The molecule has 0 fully saturated rings. The molecule has 0 aliphatic rings. The Hall–Kier alpha value is -3.24. The van der Waals surface area contributed by atoms with Crippen LogP contribution in [0.2, 0.25) is 0 Å². The predicted octanol–water partition coefficient (Wildman–Crippen LogP) is 7.19. The maximum Gasteiger partial charge on any atom is 0.204 e. The molecule has 0 unspecified atom stereocenters. The third-order valence-corrected chi connectivity index (χ3v) is 5.14. The van der Waals surface area contributed by atoms with Gasteiger partial charge in [0.1, 0.15) is 19.8 Å². The lowest BCUT2D eigenvalue weighted by atomic mass is 10.2. The van der Waals surface area contributed by atoms with E-state index in [1.807, 2.05) is 103 Å². The highest BCUT2D eigenvalue weighted by molar-refractivity contribution is 9.10. The number of benzene rings is 4. The molecular weight excluding hydrogens is 452 g/mol. The molecule has 4 aromatic rings. The van der Waals surface area contributed by atoms with E-state index in [0.29, 0.717) is 37.1 Å². The number of ether oxygens (including phenoxy) is 3. The van der Waals surface area contributed by atoms with Crippen LogP contribution in [0.4, 0.5) is 0 Å². The van der Waals surface area contributed by atoms with Crippen LogP contribution < -0.4 is 14.2 Å². The Kier molecular flexibility index (Phi) is 7.24. The molecule has 0 saturated carbocycles. The lowest BCUT2D eigenvalue weighted by Crippen LogP contribution is -2.04. The van der Waals surface area contributed by atoms with Crippen LogP contribution in [0.15, 0.2) is 108 Å². The SMILES string of the molecule is Brc1cc(OCc2ccccc2)c(OCc2ccccc2)c(OCc2ccccc2)c1. The Bertz CT molecular complexity index is 1020. The van der Waals surface area contributed by atoms with Gasteiger partial charge in [-0.3, -0.25) is 0 Å². The van der Waals surface area contributed by atoms with Gasteiger partial charge in [-0.25, -0.2) is 0 Å². The van der Waals surface area contributed by atoms with Crippen molar-refractivity contribution >= 4 is 15.9 Å². The van der Waals surface area contributed by atoms with Gasteiger partial charge in [0, 0.05) is 4.47 Å². The molecule has 0 spiro atoms. The van der Waals surface area contributed by atoms with Gasteiger partial charge in [0.05, 0.1) is 0 Å². The second-order valence-electron chi connectivity index (χ2n) is 7.05. The summed E-state index contributed by atoms with van der Waals surface area (Å²) in [4.78, 5) is 0. The summed E-state index contributed by atoms with van der Waals surface area (Å²) in [6.07, 6.45) is 0. The maximum atomic E-state index is 6.22. The molecule has 31 heavy (non-hydrogen) atoms. The molecule has 3 nitrogen and oxygen atoms in total. The molecule has 0 saturated heterocycles. The molecule has 156 valence electrons. The van der Waals surface area contributed by atoms with Crippen LogP contribution in [0, 0.1) is 0 Å². The summed E-state index contributed by atoms with van der Waals surface area (Å²) in [7, 11) is 0. The predicted molar refractivity (Wildman–Crippen MR) is 126 cm³/mol. The van der Waals surface area contributed by atoms with Crippen LogP contribution in [0.1, 0.15) is 16.7 Å². The second kappa shape index (κ2) is 10.7. The molecule has 0 aliphatic carbocycles. The zero-order valence-electron chi connectivity index (χ0n) is 17.0. The molecule has 0 aliphatic heterocycles. The van der Waals surface area contributed by atoms with E-state index < -0.39 is 0 Å². The molecule has 0 N–H and O–H groups in total. The van der Waals surface area contributed by atoms with E-state index in [1.165, 1.54) is 0 Å². The van der Waals surface area contributed by atoms with Crippen LogP contribution in [0.3, 0.4) is 0 Å². The van der Waals surface area contributed by atoms with Crippen LogP contribution in [0.25, 0.3) is 0 Å². The molecular formula is C27H23BrO3. The highest BCUT2D eigenvalue weighted by Gasteiger charge is 2.16. The number of hydrogen-bond donors (Lipinski definition) is 0. The fourth-order valence-corrected chi connectivity index (χ4v) is 3.52. The van der Waals surface area contributed by atoms with Gasteiger partial charge in [-0.15, -0.1) is 0 Å². The van der Waals surface area contributed by atoms with Gasteiger partial charge in [0.15, 0.2) is 11.5 Å². The molecule has 4 rings (SSSR count). The summed E-state index contributed by atoms with van der Waals surface area (Å²) in [5, 5.41) is 0. The van der Waals surface area contributed by atoms with Gasteiger partial charge < -0.3 is 14.2 Å². The second-order valence-corrected chi connectivity index (χ2v) is 7.97. The van der Waals surface area contributed by atoms with Gasteiger partial charge in [0.25, 0.3) is 0 Å². The van der Waals surface area contributed by atoms with E-state index in [2.05, 4.69) is 15.9 Å². The minimum Gasteiger partial charge on any atom is -0.485 e. The number of rotatable bonds is 9. The largest absolute Gasteiger partial charge is 0.485 e. The molecule has 4 heteroatoms. The molecule has 0 bridgehead atoms. The van der Waals surface area contributed by atoms with Crippen LogP contribution in [0.5, 0.6) is 17.2 Å². The summed E-state index contributed by atoms with van der Waals surface area (Å²) >= 11 is 3.58. The Labute approximate surface area is 191 Å². The molecule has 0 heterocycles. The Morgan fingerprint density at radius 3 is 1.23 bits per heavy atom. The van der Waals surface area contributed by atoms with Gasteiger partial charge in [-0.1, -0.05) is 107 Å². The van der Waals surface area contributed by atoms with Gasteiger partial charge in [-0.05, 0) is 28.8 Å². The van der Waals surface area contributed by atoms with E-state index in [0.717, 1.165) is 21.2 Å². The van der Waals surface area contributed by atoms with E-state index >= 15 is 0 Å². The fourth-order valence-electron chi connectivity index (χ4n) is 3.10. The third kappa shape index (κ3) is 6.12. The molecule has 0 aromatic heterocycles. The Balaban J connectivity index is 1.58. The van der Waals surface area contributed by atoms with Crippen LogP contribution in [-0.4, -0.2) is 0 Å². The first kappa shape index (κ1) is 21.0. The average molecular weight is 475 g/mol. The first-order valence-corrected chi connectivity index (χ1v) is 10.9. The van der Waals surface area contributed by atoms with Crippen molar-refractivity contribution in [1.82, 2.24) is 0 Å². The van der Waals surface area contributed by atoms with Crippen LogP contribution >= 0.6 is 15.9 Å². The zero-order valence-corrected chi connectivity index (χ0v) is 18.6. The average Bonchev–Trinajstić information content (AvgIpc) is 2.82. The number of halogens is 1.